The van der Waals surface area contributed by atoms with E-state index >= 15 is 0 Å². The minimum atomic E-state index is 0.0550. The second-order valence-corrected chi connectivity index (χ2v) is 6.78. The molecule has 1 aliphatic heterocycles. The molecule has 0 spiro atoms. The first-order valence-electron chi connectivity index (χ1n) is 8.70. The fourth-order valence-corrected chi connectivity index (χ4v) is 3.48. The Hall–Kier alpha value is -2.18. The Morgan fingerprint density at radius 3 is 2.80 bits per heavy atom. The summed E-state index contributed by atoms with van der Waals surface area (Å²) in [6.45, 7) is 4.33. The molecule has 1 aliphatic rings. The van der Waals surface area contributed by atoms with Crippen molar-refractivity contribution in [2.75, 3.05) is 33.3 Å². The van der Waals surface area contributed by atoms with Gasteiger partial charge in [-0.05, 0) is 38.1 Å². The molecule has 1 aromatic carbocycles. The van der Waals surface area contributed by atoms with Crippen LogP contribution in [0, 0.1) is 6.92 Å². The van der Waals surface area contributed by atoms with Crippen LogP contribution in [-0.4, -0.2) is 69.9 Å². The van der Waals surface area contributed by atoms with Crippen LogP contribution in [0.2, 0.25) is 0 Å². The number of likely N-dealkylation sites (N-methyl/N-ethyl adjacent to an activating group) is 1. The van der Waals surface area contributed by atoms with Gasteiger partial charge >= 0.3 is 0 Å². The average molecular weight is 342 g/mol. The van der Waals surface area contributed by atoms with E-state index in [4.69, 9.17) is 0 Å². The molecule has 2 heterocycles. The summed E-state index contributed by atoms with van der Waals surface area (Å²) in [6, 6.07) is 7.98. The van der Waals surface area contributed by atoms with Gasteiger partial charge in [-0.15, -0.1) is 0 Å². The lowest BCUT2D eigenvalue weighted by Gasteiger charge is -2.39. The highest BCUT2D eigenvalue weighted by Crippen LogP contribution is 2.24. The molecule has 1 amide bonds. The summed E-state index contributed by atoms with van der Waals surface area (Å²) in [5.41, 5.74) is 3.72. The third-order valence-electron chi connectivity index (χ3n) is 4.96. The smallest absolute Gasteiger partial charge is 0.253 e. The Bertz CT molecular complexity index is 756. The summed E-state index contributed by atoms with van der Waals surface area (Å²) < 4.78 is 1.79. The van der Waals surface area contributed by atoms with Crippen molar-refractivity contribution >= 4 is 5.91 Å². The molecule has 1 N–H and O–H groups in total. The Kier molecular flexibility index (Phi) is 5.20. The van der Waals surface area contributed by atoms with E-state index in [1.807, 2.05) is 56.4 Å². The van der Waals surface area contributed by atoms with Gasteiger partial charge in [-0.3, -0.25) is 14.4 Å². The number of aliphatic hydroxyl groups is 1. The van der Waals surface area contributed by atoms with E-state index in [-0.39, 0.29) is 18.6 Å². The van der Waals surface area contributed by atoms with Crippen LogP contribution in [0.1, 0.15) is 22.5 Å². The third kappa shape index (κ3) is 3.75. The lowest BCUT2D eigenvalue weighted by atomic mass is 10.0. The van der Waals surface area contributed by atoms with Crippen molar-refractivity contribution in [1.82, 2.24) is 19.6 Å². The molecule has 0 saturated carbocycles. The average Bonchev–Trinajstić information content (AvgIpc) is 2.95. The molecule has 1 atom stereocenters. The van der Waals surface area contributed by atoms with Crippen LogP contribution < -0.4 is 0 Å². The number of aryl methyl sites for hydroxylation is 2. The molecule has 0 bridgehead atoms. The summed E-state index contributed by atoms with van der Waals surface area (Å²) in [6.07, 6.45) is 2.67. The highest BCUT2D eigenvalue weighted by molar-refractivity contribution is 5.95. The minimum Gasteiger partial charge on any atom is -0.396 e. The molecule has 0 radical (unpaired) electrons. The van der Waals surface area contributed by atoms with Crippen molar-refractivity contribution in [1.29, 1.82) is 0 Å². The van der Waals surface area contributed by atoms with Crippen molar-refractivity contribution in [2.45, 2.75) is 19.4 Å². The first-order valence-corrected chi connectivity index (χ1v) is 8.70. The van der Waals surface area contributed by atoms with Gasteiger partial charge in [0.25, 0.3) is 5.91 Å². The largest absolute Gasteiger partial charge is 0.396 e. The van der Waals surface area contributed by atoms with Crippen molar-refractivity contribution in [2.24, 2.45) is 7.05 Å². The summed E-state index contributed by atoms with van der Waals surface area (Å²) in [5, 5.41) is 13.6. The Morgan fingerprint density at radius 2 is 2.12 bits per heavy atom. The highest BCUT2D eigenvalue weighted by atomic mass is 16.3. The molecule has 1 saturated heterocycles. The molecule has 25 heavy (non-hydrogen) atoms. The third-order valence-corrected chi connectivity index (χ3v) is 4.96. The molecular weight excluding hydrogens is 316 g/mol. The zero-order valence-corrected chi connectivity index (χ0v) is 15.1. The van der Waals surface area contributed by atoms with Crippen LogP contribution in [0.25, 0.3) is 11.1 Å². The van der Waals surface area contributed by atoms with Crippen molar-refractivity contribution in [3.05, 3.63) is 41.7 Å². The summed E-state index contributed by atoms with van der Waals surface area (Å²) in [5.74, 6) is 0.0550. The highest BCUT2D eigenvalue weighted by Gasteiger charge is 2.27. The number of carbonyl (C=O) groups is 1. The molecule has 6 nitrogen and oxygen atoms in total. The number of nitrogens with zero attached hydrogens (tertiary/aromatic N) is 4. The first kappa shape index (κ1) is 17.6. The number of aromatic nitrogens is 2. The van der Waals surface area contributed by atoms with E-state index in [0.29, 0.717) is 25.1 Å². The maximum Gasteiger partial charge on any atom is 0.253 e. The molecule has 1 unspecified atom stereocenters. The topological polar surface area (TPSA) is 61.6 Å². The fourth-order valence-electron chi connectivity index (χ4n) is 3.48. The summed E-state index contributed by atoms with van der Waals surface area (Å²) in [7, 11) is 3.95. The van der Waals surface area contributed by atoms with Crippen molar-refractivity contribution in [3.8, 4) is 11.1 Å². The van der Waals surface area contributed by atoms with Gasteiger partial charge in [0.1, 0.15) is 0 Å². The van der Waals surface area contributed by atoms with E-state index < -0.39 is 0 Å². The van der Waals surface area contributed by atoms with Gasteiger partial charge in [0.05, 0.1) is 5.69 Å². The number of benzene rings is 1. The Labute approximate surface area is 148 Å². The molecule has 3 rings (SSSR count). The first-order chi connectivity index (χ1) is 12.0. The van der Waals surface area contributed by atoms with Gasteiger partial charge in [-0.2, -0.15) is 5.10 Å². The number of carbonyl (C=O) groups excluding carboxylic acids is 1. The predicted molar refractivity (Wildman–Crippen MR) is 97.4 cm³/mol. The zero-order chi connectivity index (χ0) is 18.0. The predicted octanol–water partition coefficient (Wildman–Crippen LogP) is 1.53. The van der Waals surface area contributed by atoms with Crippen molar-refractivity contribution in [3.63, 3.8) is 0 Å². The fraction of sp³-hybridized carbons (Fsp3) is 0.474. The van der Waals surface area contributed by atoms with Gasteiger partial charge in [-0.25, -0.2) is 0 Å². The van der Waals surface area contributed by atoms with Gasteiger partial charge < -0.3 is 10.0 Å². The van der Waals surface area contributed by atoms with Gasteiger partial charge in [-0.1, -0.05) is 12.1 Å². The Morgan fingerprint density at radius 1 is 1.32 bits per heavy atom. The number of rotatable bonds is 4. The monoisotopic (exact) mass is 342 g/mol. The second kappa shape index (κ2) is 7.37. The van der Waals surface area contributed by atoms with E-state index in [2.05, 4.69) is 10.00 Å². The van der Waals surface area contributed by atoms with E-state index in [1.54, 1.807) is 4.68 Å². The lowest BCUT2D eigenvalue weighted by Crippen LogP contribution is -2.53. The molecule has 1 fully saturated rings. The van der Waals surface area contributed by atoms with Crippen LogP contribution >= 0.6 is 0 Å². The molecule has 6 heteroatoms. The molecule has 0 aliphatic carbocycles. The van der Waals surface area contributed by atoms with Gasteiger partial charge in [0.2, 0.25) is 0 Å². The van der Waals surface area contributed by atoms with E-state index in [0.717, 1.165) is 23.4 Å². The normalized spacial score (nSPS) is 18.6. The Balaban J connectivity index is 1.81. The maximum atomic E-state index is 13.0. The second-order valence-electron chi connectivity index (χ2n) is 6.78. The summed E-state index contributed by atoms with van der Waals surface area (Å²) >= 11 is 0. The quantitative estimate of drug-likeness (QED) is 0.915. The van der Waals surface area contributed by atoms with Crippen LogP contribution in [0.3, 0.4) is 0 Å². The molecule has 1 aromatic heterocycles. The van der Waals surface area contributed by atoms with Crippen molar-refractivity contribution < 1.29 is 9.90 Å². The molecular formula is C19H26N4O2. The zero-order valence-electron chi connectivity index (χ0n) is 15.1. The number of hydrogen-bond donors (Lipinski definition) is 1. The summed E-state index contributed by atoms with van der Waals surface area (Å²) in [4.78, 5) is 17.1. The van der Waals surface area contributed by atoms with E-state index in [1.165, 1.54) is 0 Å². The van der Waals surface area contributed by atoms with Gasteiger partial charge in [0, 0.05) is 56.7 Å². The van der Waals surface area contributed by atoms with Crippen LogP contribution in [0.5, 0.6) is 0 Å². The maximum absolute atomic E-state index is 13.0. The SMILES string of the molecule is Cc1nn(C)cc1-c1cccc(C(=O)N2CCN(C)C(CCO)C2)c1. The molecule has 134 valence electrons. The molecule has 2 aromatic rings. The number of piperazine rings is 1. The lowest BCUT2D eigenvalue weighted by molar-refractivity contribution is 0.0500. The number of hydrogen-bond acceptors (Lipinski definition) is 4. The standard InChI is InChI=1S/C19H26N4O2/c1-14-18(13-22(3)20-14)15-5-4-6-16(11-15)19(25)23-9-8-21(2)17(12-23)7-10-24/h4-6,11,13,17,24H,7-10,12H2,1-3H3. The minimum absolute atomic E-state index is 0.0550. The number of amides is 1. The van der Waals surface area contributed by atoms with E-state index in [9.17, 15) is 9.90 Å². The van der Waals surface area contributed by atoms with Crippen LogP contribution in [0.4, 0.5) is 0 Å². The van der Waals surface area contributed by atoms with Gasteiger partial charge in [0.15, 0.2) is 0 Å². The number of aliphatic hydroxyl groups excluding tert-OH is 1. The van der Waals surface area contributed by atoms with Crippen LogP contribution in [-0.2, 0) is 7.05 Å². The van der Waals surface area contributed by atoms with Crippen LogP contribution in [0.15, 0.2) is 30.5 Å².